The fraction of sp³-hybridized carbons (Fsp3) is 0.647. The summed E-state index contributed by atoms with van der Waals surface area (Å²) >= 11 is 0. The number of hydrogen-bond acceptors (Lipinski definition) is 6. The van der Waals surface area contributed by atoms with Crippen LogP contribution >= 0.6 is 0 Å². The van der Waals surface area contributed by atoms with E-state index in [9.17, 15) is 9.59 Å². The fourth-order valence-electron chi connectivity index (χ4n) is 3.55. The molecule has 0 radical (unpaired) electrons. The number of aromatic nitrogens is 2. The van der Waals surface area contributed by atoms with Crippen molar-refractivity contribution in [2.75, 3.05) is 46.4 Å². The zero-order valence-corrected chi connectivity index (χ0v) is 14.6. The third kappa shape index (κ3) is 4.32. The van der Waals surface area contributed by atoms with Crippen LogP contribution in [0.1, 0.15) is 23.3 Å². The van der Waals surface area contributed by atoms with E-state index in [1.165, 1.54) is 12.4 Å². The minimum atomic E-state index is -0.254. The molecule has 3 heterocycles. The Morgan fingerprint density at radius 3 is 2.68 bits per heavy atom. The maximum atomic E-state index is 12.7. The Balaban J connectivity index is 1.75. The predicted molar refractivity (Wildman–Crippen MR) is 90.9 cm³/mol. The monoisotopic (exact) mass is 347 g/mol. The molecule has 136 valence electrons. The standard InChI is InChI=1S/C17H25N5O3/c1-18-16(23)13-11-21(14-2-8-25-9-3-14)6-7-22(12-13)17(24)15-10-19-4-5-20-15/h4-5,10,13-14H,2-3,6-9,11-12H2,1H3,(H,18,23)/t13-/m0/s1. The summed E-state index contributed by atoms with van der Waals surface area (Å²) < 4.78 is 5.45. The van der Waals surface area contributed by atoms with Gasteiger partial charge < -0.3 is 15.0 Å². The summed E-state index contributed by atoms with van der Waals surface area (Å²) in [5.41, 5.74) is 0.317. The van der Waals surface area contributed by atoms with Gasteiger partial charge in [-0.25, -0.2) is 4.98 Å². The average molecular weight is 347 g/mol. The molecule has 8 nitrogen and oxygen atoms in total. The van der Waals surface area contributed by atoms with Gasteiger partial charge in [-0.15, -0.1) is 0 Å². The van der Waals surface area contributed by atoms with E-state index in [1.54, 1.807) is 18.1 Å². The lowest BCUT2D eigenvalue weighted by Crippen LogP contribution is -2.45. The van der Waals surface area contributed by atoms with Crippen LogP contribution in [0.3, 0.4) is 0 Å². The van der Waals surface area contributed by atoms with E-state index in [0.717, 1.165) is 32.6 Å². The van der Waals surface area contributed by atoms with Gasteiger partial charge >= 0.3 is 0 Å². The van der Waals surface area contributed by atoms with Gasteiger partial charge in [0, 0.05) is 64.9 Å². The van der Waals surface area contributed by atoms with Crippen molar-refractivity contribution < 1.29 is 14.3 Å². The summed E-state index contributed by atoms with van der Waals surface area (Å²) in [5, 5.41) is 2.73. The average Bonchev–Trinajstić information content (AvgIpc) is 2.91. The van der Waals surface area contributed by atoms with Crippen LogP contribution in [0.5, 0.6) is 0 Å². The number of nitrogens with zero attached hydrogens (tertiary/aromatic N) is 4. The number of carbonyl (C=O) groups is 2. The van der Waals surface area contributed by atoms with Crippen LogP contribution in [0.25, 0.3) is 0 Å². The lowest BCUT2D eigenvalue weighted by molar-refractivity contribution is -0.125. The molecule has 0 saturated carbocycles. The molecule has 0 spiro atoms. The molecule has 0 unspecified atom stereocenters. The number of amides is 2. The maximum Gasteiger partial charge on any atom is 0.274 e. The maximum absolute atomic E-state index is 12.7. The highest BCUT2D eigenvalue weighted by atomic mass is 16.5. The zero-order valence-electron chi connectivity index (χ0n) is 14.6. The van der Waals surface area contributed by atoms with Crippen LogP contribution < -0.4 is 5.32 Å². The molecule has 3 rings (SSSR count). The number of ether oxygens (including phenoxy) is 1. The van der Waals surface area contributed by atoms with E-state index in [-0.39, 0.29) is 17.7 Å². The van der Waals surface area contributed by atoms with Crippen molar-refractivity contribution >= 4 is 11.8 Å². The Bertz CT molecular complexity index is 591. The largest absolute Gasteiger partial charge is 0.381 e. The Morgan fingerprint density at radius 2 is 2.00 bits per heavy atom. The van der Waals surface area contributed by atoms with Crippen LogP contribution in [0.4, 0.5) is 0 Å². The molecular formula is C17H25N5O3. The molecule has 8 heteroatoms. The van der Waals surface area contributed by atoms with Gasteiger partial charge in [-0.2, -0.15) is 0 Å². The summed E-state index contributed by atoms with van der Waals surface area (Å²) in [7, 11) is 1.64. The Labute approximate surface area is 147 Å². The smallest absolute Gasteiger partial charge is 0.274 e. The van der Waals surface area contributed by atoms with E-state index in [4.69, 9.17) is 4.74 Å². The van der Waals surface area contributed by atoms with Gasteiger partial charge in [0.15, 0.2) is 0 Å². The van der Waals surface area contributed by atoms with Crippen molar-refractivity contribution in [2.45, 2.75) is 18.9 Å². The first-order valence-electron chi connectivity index (χ1n) is 8.77. The van der Waals surface area contributed by atoms with E-state index in [0.29, 0.717) is 31.4 Å². The van der Waals surface area contributed by atoms with Gasteiger partial charge in [0.2, 0.25) is 5.91 Å². The van der Waals surface area contributed by atoms with Crippen LogP contribution in [0.15, 0.2) is 18.6 Å². The highest BCUT2D eigenvalue weighted by Crippen LogP contribution is 2.20. The lowest BCUT2D eigenvalue weighted by Gasteiger charge is -2.34. The predicted octanol–water partition coefficient (Wildman–Crippen LogP) is -0.224. The second kappa shape index (κ2) is 8.35. The molecule has 2 aliphatic rings. The first-order chi connectivity index (χ1) is 12.2. The van der Waals surface area contributed by atoms with Crippen molar-refractivity contribution in [3.05, 3.63) is 24.3 Å². The van der Waals surface area contributed by atoms with E-state index in [2.05, 4.69) is 20.2 Å². The van der Waals surface area contributed by atoms with Crippen LogP contribution in [0.2, 0.25) is 0 Å². The van der Waals surface area contributed by atoms with E-state index < -0.39 is 0 Å². The second-order valence-electron chi connectivity index (χ2n) is 6.49. The van der Waals surface area contributed by atoms with Gasteiger partial charge in [-0.05, 0) is 12.8 Å². The number of carbonyl (C=O) groups excluding carboxylic acids is 2. The van der Waals surface area contributed by atoms with Crippen LogP contribution in [0, 0.1) is 5.92 Å². The van der Waals surface area contributed by atoms with E-state index in [1.807, 2.05) is 0 Å². The topological polar surface area (TPSA) is 87.7 Å². The SMILES string of the molecule is CNC(=O)[C@@H]1CN(C(=O)c2cnccn2)CCN(C2CCOCC2)C1. The van der Waals surface area contributed by atoms with Gasteiger partial charge in [0.05, 0.1) is 12.1 Å². The minimum absolute atomic E-state index is 0.0316. The van der Waals surface area contributed by atoms with Crippen LogP contribution in [-0.4, -0.2) is 84.1 Å². The minimum Gasteiger partial charge on any atom is -0.381 e. The molecule has 1 aromatic heterocycles. The van der Waals surface area contributed by atoms with Crippen molar-refractivity contribution in [2.24, 2.45) is 5.92 Å². The molecule has 2 saturated heterocycles. The highest BCUT2D eigenvalue weighted by molar-refractivity contribution is 5.92. The molecule has 1 aromatic rings. The summed E-state index contributed by atoms with van der Waals surface area (Å²) in [5.74, 6) is -0.456. The lowest BCUT2D eigenvalue weighted by atomic mass is 10.0. The van der Waals surface area contributed by atoms with E-state index >= 15 is 0 Å². The molecule has 2 fully saturated rings. The molecule has 2 amide bonds. The Hall–Kier alpha value is -2.06. The van der Waals surface area contributed by atoms with Gasteiger partial charge in [0.25, 0.3) is 5.91 Å². The van der Waals surface area contributed by atoms with Gasteiger partial charge in [0.1, 0.15) is 5.69 Å². The molecule has 25 heavy (non-hydrogen) atoms. The molecule has 2 aliphatic heterocycles. The molecule has 0 aliphatic carbocycles. The summed E-state index contributed by atoms with van der Waals surface area (Å²) in [6.07, 6.45) is 6.46. The Kier molecular flexibility index (Phi) is 5.93. The Morgan fingerprint density at radius 1 is 1.20 bits per heavy atom. The van der Waals surface area contributed by atoms with Gasteiger partial charge in [-0.1, -0.05) is 0 Å². The third-order valence-corrected chi connectivity index (χ3v) is 4.95. The number of nitrogens with one attached hydrogen (secondary N) is 1. The molecule has 0 aromatic carbocycles. The fourth-order valence-corrected chi connectivity index (χ4v) is 3.55. The quantitative estimate of drug-likeness (QED) is 0.813. The molecule has 1 N–H and O–H groups in total. The van der Waals surface area contributed by atoms with Crippen molar-refractivity contribution in [3.8, 4) is 0 Å². The summed E-state index contributed by atoms with van der Waals surface area (Å²) in [4.78, 5) is 37.2. The van der Waals surface area contributed by atoms with Crippen LogP contribution in [-0.2, 0) is 9.53 Å². The first-order valence-corrected chi connectivity index (χ1v) is 8.77. The first kappa shape index (κ1) is 17.8. The van der Waals surface area contributed by atoms with Crippen molar-refractivity contribution in [1.82, 2.24) is 25.1 Å². The van der Waals surface area contributed by atoms with Crippen molar-refractivity contribution in [1.29, 1.82) is 0 Å². The molecule has 1 atom stereocenters. The highest BCUT2D eigenvalue weighted by Gasteiger charge is 2.33. The normalized spacial score (nSPS) is 23.1. The van der Waals surface area contributed by atoms with Crippen molar-refractivity contribution in [3.63, 3.8) is 0 Å². The number of hydrogen-bond donors (Lipinski definition) is 1. The number of rotatable bonds is 3. The third-order valence-electron chi connectivity index (χ3n) is 4.95. The second-order valence-corrected chi connectivity index (χ2v) is 6.49. The molecular weight excluding hydrogens is 322 g/mol. The summed E-state index contributed by atoms with van der Waals surface area (Å²) in [6.45, 7) is 3.91. The van der Waals surface area contributed by atoms with Gasteiger partial charge in [-0.3, -0.25) is 19.5 Å². The molecule has 0 bridgehead atoms. The zero-order chi connectivity index (χ0) is 17.6. The summed E-state index contributed by atoms with van der Waals surface area (Å²) in [6, 6.07) is 0.410.